The van der Waals surface area contributed by atoms with Crippen LogP contribution in [0.5, 0.6) is 0 Å². The molecule has 3 amide bonds. The van der Waals surface area contributed by atoms with E-state index in [1.165, 1.54) is 0 Å². The molecule has 0 bridgehead atoms. The third kappa shape index (κ3) is 6.20. The molecular weight excluding hydrogens is 480 g/mol. The fourth-order valence-electron chi connectivity index (χ4n) is 4.83. The molecule has 198 valence electrons. The minimum Gasteiger partial charge on any atom is -0.368 e. The van der Waals surface area contributed by atoms with Crippen molar-refractivity contribution in [2.45, 2.75) is 25.8 Å². The second kappa shape index (κ2) is 11.9. The number of amides is 3. The van der Waals surface area contributed by atoms with Crippen molar-refractivity contribution in [1.82, 2.24) is 25.5 Å². The molecule has 0 aliphatic carbocycles. The van der Waals surface area contributed by atoms with Crippen LogP contribution in [0.25, 0.3) is 11.3 Å². The first-order chi connectivity index (χ1) is 18.6. The van der Waals surface area contributed by atoms with Crippen molar-refractivity contribution < 1.29 is 9.59 Å². The van der Waals surface area contributed by atoms with Crippen LogP contribution in [0.2, 0.25) is 0 Å². The molecule has 10 heteroatoms. The fraction of sp³-hybridized carbons (Fsp3) is 0.357. The van der Waals surface area contributed by atoms with Gasteiger partial charge in [-0.2, -0.15) is 0 Å². The predicted molar refractivity (Wildman–Crippen MR) is 150 cm³/mol. The standard InChI is InChI=1S/C28H34N8O2/c1-2-29-28(38)33-22-7-5-20(6-8-22)24-13-15-31-27(34-24)32-21-9-11-23(12-10-21)35-16-18-36(19-17-35)26(37)25-4-3-14-30-25/h5-13,15,25,30H,2-4,14,16-19H2,1H3,(H2,29,33,38)(H,31,32,34)/t25-/m0/s1. The first kappa shape index (κ1) is 25.5. The van der Waals surface area contributed by atoms with Gasteiger partial charge < -0.3 is 31.1 Å². The Kier molecular flexibility index (Phi) is 7.98. The van der Waals surface area contributed by atoms with Gasteiger partial charge in [0.15, 0.2) is 0 Å². The summed E-state index contributed by atoms with van der Waals surface area (Å²) >= 11 is 0. The second-order valence-electron chi connectivity index (χ2n) is 9.46. The highest BCUT2D eigenvalue weighted by atomic mass is 16.2. The molecule has 2 aliphatic heterocycles. The van der Waals surface area contributed by atoms with E-state index in [9.17, 15) is 9.59 Å². The summed E-state index contributed by atoms with van der Waals surface area (Å²) in [5.74, 6) is 0.753. The first-order valence-corrected chi connectivity index (χ1v) is 13.2. The van der Waals surface area contributed by atoms with Crippen molar-refractivity contribution in [1.29, 1.82) is 0 Å². The lowest BCUT2D eigenvalue weighted by molar-refractivity contribution is -0.133. The van der Waals surface area contributed by atoms with E-state index in [1.807, 2.05) is 54.3 Å². The monoisotopic (exact) mass is 514 g/mol. The number of hydrogen-bond acceptors (Lipinski definition) is 7. The molecule has 2 fully saturated rings. The Morgan fingerprint density at radius 3 is 2.39 bits per heavy atom. The maximum Gasteiger partial charge on any atom is 0.319 e. The highest BCUT2D eigenvalue weighted by molar-refractivity contribution is 5.89. The van der Waals surface area contributed by atoms with Crippen molar-refractivity contribution in [2.75, 3.05) is 54.8 Å². The van der Waals surface area contributed by atoms with E-state index >= 15 is 0 Å². The van der Waals surface area contributed by atoms with E-state index in [1.54, 1.807) is 6.20 Å². The molecule has 0 saturated carbocycles. The Morgan fingerprint density at radius 2 is 1.71 bits per heavy atom. The summed E-state index contributed by atoms with van der Waals surface area (Å²) in [5, 5.41) is 12.1. The Labute approximate surface area is 222 Å². The fourth-order valence-corrected chi connectivity index (χ4v) is 4.83. The Morgan fingerprint density at radius 1 is 0.974 bits per heavy atom. The largest absolute Gasteiger partial charge is 0.368 e. The molecule has 5 rings (SSSR count). The zero-order valence-corrected chi connectivity index (χ0v) is 21.6. The van der Waals surface area contributed by atoms with Crippen molar-refractivity contribution in [2.24, 2.45) is 0 Å². The lowest BCUT2D eigenvalue weighted by atomic mass is 10.1. The van der Waals surface area contributed by atoms with Crippen LogP contribution in [-0.4, -0.2) is 72.1 Å². The number of anilines is 4. The maximum atomic E-state index is 12.7. The van der Waals surface area contributed by atoms with Gasteiger partial charge in [0.25, 0.3) is 0 Å². The maximum absolute atomic E-state index is 12.7. The number of nitrogens with zero attached hydrogens (tertiary/aromatic N) is 4. The number of nitrogens with one attached hydrogen (secondary N) is 4. The van der Waals surface area contributed by atoms with Gasteiger partial charge in [-0.25, -0.2) is 14.8 Å². The van der Waals surface area contributed by atoms with E-state index in [2.05, 4.69) is 48.3 Å². The summed E-state index contributed by atoms with van der Waals surface area (Å²) in [4.78, 5) is 37.7. The molecule has 0 spiro atoms. The number of piperazine rings is 1. The van der Waals surface area contributed by atoms with Crippen LogP contribution in [0.15, 0.2) is 60.8 Å². The van der Waals surface area contributed by atoms with Gasteiger partial charge in [0, 0.05) is 61.5 Å². The normalized spacial score (nSPS) is 17.2. The lowest BCUT2D eigenvalue weighted by Crippen LogP contribution is -2.53. The number of rotatable bonds is 7. The number of benzene rings is 2. The van der Waals surface area contributed by atoms with E-state index in [-0.39, 0.29) is 18.0 Å². The highest BCUT2D eigenvalue weighted by Gasteiger charge is 2.29. The van der Waals surface area contributed by atoms with Crippen LogP contribution in [-0.2, 0) is 4.79 Å². The van der Waals surface area contributed by atoms with E-state index < -0.39 is 0 Å². The summed E-state index contributed by atoms with van der Waals surface area (Å²) in [6.07, 6.45) is 3.75. The van der Waals surface area contributed by atoms with E-state index in [0.717, 1.165) is 68.2 Å². The number of carbonyl (C=O) groups is 2. The van der Waals surface area contributed by atoms with Crippen LogP contribution in [0.1, 0.15) is 19.8 Å². The Balaban J connectivity index is 1.16. The number of urea groups is 1. The first-order valence-electron chi connectivity index (χ1n) is 13.2. The quantitative estimate of drug-likeness (QED) is 0.382. The lowest BCUT2D eigenvalue weighted by Gasteiger charge is -2.37. The smallest absolute Gasteiger partial charge is 0.319 e. The molecule has 2 saturated heterocycles. The van der Waals surface area contributed by atoms with Crippen molar-refractivity contribution in [3.05, 3.63) is 60.8 Å². The number of hydrogen-bond donors (Lipinski definition) is 4. The highest BCUT2D eigenvalue weighted by Crippen LogP contribution is 2.24. The van der Waals surface area contributed by atoms with Gasteiger partial charge in [-0.15, -0.1) is 0 Å². The van der Waals surface area contributed by atoms with Crippen molar-refractivity contribution in [3.8, 4) is 11.3 Å². The minimum absolute atomic E-state index is 0.00257. The van der Waals surface area contributed by atoms with Crippen molar-refractivity contribution >= 4 is 34.9 Å². The Bertz CT molecular complexity index is 1230. The SMILES string of the molecule is CCNC(=O)Nc1ccc(-c2ccnc(Nc3ccc(N4CCN(C(=O)[C@@H]5CCCN5)CC4)cc3)n2)cc1. The Hall–Kier alpha value is -4.18. The molecule has 3 aromatic rings. The summed E-state index contributed by atoms with van der Waals surface area (Å²) in [6, 6.07) is 17.4. The zero-order chi connectivity index (χ0) is 26.3. The molecule has 10 nitrogen and oxygen atoms in total. The summed E-state index contributed by atoms with van der Waals surface area (Å²) in [5.41, 5.74) is 4.45. The summed E-state index contributed by atoms with van der Waals surface area (Å²) in [7, 11) is 0. The average molecular weight is 515 g/mol. The van der Waals surface area contributed by atoms with Crippen LogP contribution in [0, 0.1) is 0 Å². The number of carbonyl (C=O) groups excluding carboxylic acids is 2. The van der Waals surface area contributed by atoms with Gasteiger partial charge in [0.1, 0.15) is 0 Å². The average Bonchev–Trinajstić information content (AvgIpc) is 3.49. The molecule has 1 atom stereocenters. The van der Waals surface area contributed by atoms with Crippen LogP contribution in [0.3, 0.4) is 0 Å². The molecule has 0 unspecified atom stereocenters. The van der Waals surface area contributed by atoms with Gasteiger partial charge in [-0.05, 0) is 68.8 Å². The number of aromatic nitrogens is 2. The van der Waals surface area contributed by atoms with Crippen molar-refractivity contribution in [3.63, 3.8) is 0 Å². The van der Waals surface area contributed by atoms with Gasteiger partial charge in [-0.1, -0.05) is 12.1 Å². The van der Waals surface area contributed by atoms with E-state index in [0.29, 0.717) is 18.2 Å². The molecule has 2 aromatic carbocycles. The summed E-state index contributed by atoms with van der Waals surface area (Å²) < 4.78 is 0. The van der Waals surface area contributed by atoms with Crippen LogP contribution >= 0.6 is 0 Å². The van der Waals surface area contributed by atoms with Gasteiger partial charge >= 0.3 is 6.03 Å². The molecule has 38 heavy (non-hydrogen) atoms. The molecular formula is C28H34N8O2. The predicted octanol–water partition coefficient (Wildman–Crippen LogP) is 3.43. The second-order valence-corrected chi connectivity index (χ2v) is 9.46. The van der Waals surface area contributed by atoms with E-state index in [4.69, 9.17) is 0 Å². The molecule has 4 N–H and O–H groups in total. The molecule has 1 aromatic heterocycles. The van der Waals surface area contributed by atoms with Gasteiger partial charge in [-0.3, -0.25) is 4.79 Å². The van der Waals surface area contributed by atoms with Gasteiger partial charge in [0.05, 0.1) is 11.7 Å². The summed E-state index contributed by atoms with van der Waals surface area (Å²) in [6.45, 7) is 6.54. The third-order valence-corrected chi connectivity index (χ3v) is 6.87. The molecule has 0 radical (unpaired) electrons. The topological polar surface area (TPSA) is 115 Å². The van der Waals surface area contributed by atoms with Crippen LogP contribution in [0.4, 0.5) is 27.8 Å². The third-order valence-electron chi connectivity index (χ3n) is 6.87. The zero-order valence-electron chi connectivity index (χ0n) is 21.6. The molecule has 3 heterocycles. The molecule has 2 aliphatic rings. The minimum atomic E-state index is -0.228. The van der Waals surface area contributed by atoms with Gasteiger partial charge in [0.2, 0.25) is 11.9 Å². The van der Waals surface area contributed by atoms with Crippen LogP contribution < -0.4 is 26.2 Å².